The van der Waals surface area contributed by atoms with E-state index >= 15 is 4.39 Å². The fraction of sp³-hybridized carbons (Fsp3) is 0.370. The van der Waals surface area contributed by atoms with Crippen molar-refractivity contribution in [2.75, 3.05) is 54.4 Å². The maximum Gasteiger partial charge on any atom is 0.267 e. The van der Waals surface area contributed by atoms with E-state index < -0.39 is 29.5 Å². The second-order valence-electron chi connectivity index (χ2n) is 17.0. The lowest BCUT2D eigenvalue weighted by atomic mass is 9.87. The summed E-state index contributed by atoms with van der Waals surface area (Å²) in [6.45, 7) is 4.35. The number of rotatable bonds is 11. The molecule has 4 aliphatic heterocycles. The number of ether oxygens (including phenoxy) is 1. The minimum Gasteiger partial charge on any atom is -0.481 e. The van der Waals surface area contributed by atoms with Gasteiger partial charge in [0.25, 0.3) is 11.8 Å². The van der Waals surface area contributed by atoms with Gasteiger partial charge in [0, 0.05) is 93.5 Å². The molecule has 0 bridgehead atoms. The van der Waals surface area contributed by atoms with Crippen molar-refractivity contribution >= 4 is 62.4 Å². The van der Waals surface area contributed by atoms with Crippen LogP contribution in [0.5, 0.6) is 5.75 Å². The van der Waals surface area contributed by atoms with Crippen LogP contribution in [0, 0.1) is 5.82 Å². The predicted octanol–water partition coefficient (Wildman–Crippen LogP) is 4.92. The number of anilines is 3. The monoisotopic (exact) mass is 886 g/mol. The van der Waals surface area contributed by atoms with E-state index in [4.69, 9.17) is 9.84 Å². The number of aliphatic hydroxyl groups is 1. The molecule has 3 fully saturated rings. The zero-order valence-electron chi connectivity index (χ0n) is 35.0. The predicted molar refractivity (Wildman–Crippen MR) is 238 cm³/mol. The van der Waals surface area contributed by atoms with Gasteiger partial charge in [0.1, 0.15) is 11.6 Å². The SMILES string of the molecule is O=C1CCC(Oc2ccc(N3CCC(O)(CC(=O)N4CCN(c5ccc(-c6cc(F)c7cn(C(C(=O)Nc8nccs8)c8ncn9c8CCC9)nc7c6)cc5)CC4)CC3)cc2)C(=O)N1. The van der Waals surface area contributed by atoms with Crippen LogP contribution in [0.2, 0.25) is 0 Å². The Hall–Kier alpha value is -6.66. The smallest absolute Gasteiger partial charge is 0.267 e. The van der Waals surface area contributed by atoms with E-state index in [0.717, 1.165) is 42.0 Å². The van der Waals surface area contributed by atoms with Crippen molar-refractivity contribution in [3.8, 4) is 16.9 Å². The number of imide groups is 1. The molecule has 16 nitrogen and oxygen atoms in total. The van der Waals surface area contributed by atoms with Crippen LogP contribution >= 0.6 is 11.3 Å². The van der Waals surface area contributed by atoms with E-state index in [1.807, 2.05) is 47.4 Å². The molecule has 0 radical (unpaired) electrons. The van der Waals surface area contributed by atoms with E-state index in [-0.39, 0.29) is 30.6 Å². The van der Waals surface area contributed by atoms with Crippen LogP contribution < -0.4 is 25.2 Å². The van der Waals surface area contributed by atoms with Crippen LogP contribution in [-0.4, -0.2) is 109 Å². The number of aromatic nitrogens is 5. The van der Waals surface area contributed by atoms with E-state index in [0.29, 0.717) is 91.6 Å². The zero-order chi connectivity index (χ0) is 44.0. The minimum atomic E-state index is -1.09. The average Bonchev–Trinajstić information content (AvgIpc) is 4.13. The van der Waals surface area contributed by atoms with Crippen LogP contribution in [0.4, 0.5) is 20.9 Å². The molecule has 64 heavy (non-hydrogen) atoms. The van der Waals surface area contributed by atoms with Gasteiger partial charge in [-0.2, -0.15) is 5.10 Å². The number of carbonyl (C=O) groups excluding carboxylic acids is 4. The number of amides is 4. The number of carbonyl (C=O) groups is 4. The number of fused-ring (bicyclic) bond motifs is 2. The Morgan fingerprint density at radius 2 is 1.66 bits per heavy atom. The Morgan fingerprint density at radius 1 is 0.922 bits per heavy atom. The molecular formula is C46H47FN10O6S. The minimum absolute atomic E-state index is 0.0546. The first kappa shape index (κ1) is 41.4. The van der Waals surface area contributed by atoms with Gasteiger partial charge < -0.3 is 29.1 Å². The summed E-state index contributed by atoms with van der Waals surface area (Å²) in [4.78, 5) is 65.8. The molecule has 6 aromatic rings. The summed E-state index contributed by atoms with van der Waals surface area (Å²) in [5, 5.41) is 24.0. The molecule has 3 aromatic carbocycles. The number of imidazole rings is 1. The zero-order valence-corrected chi connectivity index (χ0v) is 35.8. The van der Waals surface area contributed by atoms with Gasteiger partial charge >= 0.3 is 0 Å². The van der Waals surface area contributed by atoms with Crippen molar-refractivity contribution in [2.45, 2.75) is 69.2 Å². The fourth-order valence-corrected chi connectivity index (χ4v) is 9.81. The first-order valence-electron chi connectivity index (χ1n) is 21.7. The average molecular weight is 887 g/mol. The summed E-state index contributed by atoms with van der Waals surface area (Å²) < 4.78 is 25.2. The molecule has 2 atom stereocenters. The summed E-state index contributed by atoms with van der Waals surface area (Å²) >= 11 is 1.31. The quantitative estimate of drug-likeness (QED) is 0.150. The second kappa shape index (κ2) is 17.1. The molecule has 7 heterocycles. The lowest BCUT2D eigenvalue weighted by Gasteiger charge is -2.41. The summed E-state index contributed by atoms with van der Waals surface area (Å²) in [7, 11) is 0. The molecule has 0 saturated carbocycles. The maximum atomic E-state index is 15.8. The topological polar surface area (TPSA) is 180 Å². The molecule has 330 valence electrons. The van der Waals surface area contributed by atoms with E-state index in [2.05, 4.69) is 35.0 Å². The molecule has 0 aliphatic carbocycles. The summed E-state index contributed by atoms with van der Waals surface area (Å²) in [6, 6.07) is 17.7. The molecule has 3 saturated heterocycles. The first-order chi connectivity index (χ1) is 31.1. The number of nitrogens with one attached hydrogen (secondary N) is 2. The number of nitrogens with zero attached hydrogens (tertiary/aromatic N) is 8. The highest BCUT2D eigenvalue weighted by Crippen LogP contribution is 2.34. The number of piperidine rings is 2. The van der Waals surface area contributed by atoms with Gasteiger partial charge in [-0.05, 0) is 85.3 Å². The Morgan fingerprint density at radius 3 is 2.38 bits per heavy atom. The standard InChI is InChI=1S/C46H47FN10O6S/c47-35-24-30(25-36-34(35)27-57(52-36)42(44(61)51-45-48-15-23-64-45)41-37-2-1-16-56(37)28-49-41)29-3-5-31(6-4-29)54-19-21-55(22-20-54)40(59)26-46(62)13-17-53(18-14-46)32-7-9-33(10-8-32)63-38-11-12-39(58)50-43(38)60/h3-10,15,23-25,27-28,38,42,62H,1-2,11-14,16-22,26H2,(H,48,51,61)(H,50,58,60). The Kier molecular flexibility index (Phi) is 11.1. The molecule has 18 heteroatoms. The van der Waals surface area contributed by atoms with Crippen LogP contribution in [0.25, 0.3) is 22.0 Å². The summed E-state index contributed by atoms with van der Waals surface area (Å²) in [5.41, 5.74) is 4.32. The number of hydrogen-bond acceptors (Lipinski definition) is 12. The molecule has 4 amide bonds. The third kappa shape index (κ3) is 8.42. The van der Waals surface area contributed by atoms with E-state index in [1.165, 1.54) is 22.1 Å². The van der Waals surface area contributed by atoms with Crippen molar-refractivity contribution in [3.05, 3.63) is 102 Å². The van der Waals surface area contributed by atoms with Crippen molar-refractivity contribution in [3.63, 3.8) is 0 Å². The molecule has 10 rings (SSSR count). The maximum absolute atomic E-state index is 15.8. The van der Waals surface area contributed by atoms with Crippen LogP contribution in [0.1, 0.15) is 56.0 Å². The van der Waals surface area contributed by atoms with Crippen molar-refractivity contribution < 1.29 is 33.4 Å². The van der Waals surface area contributed by atoms with Crippen molar-refractivity contribution in [2.24, 2.45) is 0 Å². The lowest BCUT2D eigenvalue weighted by molar-refractivity contribution is -0.139. The van der Waals surface area contributed by atoms with Crippen molar-refractivity contribution in [1.82, 2.24) is 34.5 Å². The second-order valence-corrected chi connectivity index (χ2v) is 17.9. The van der Waals surface area contributed by atoms with Gasteiger partial charge in [0.15, 0.2) is 17.3 Å². The highest BCUT2D eigenvalue weighted by Gasteiger charge is 2.37. The van der Waals surface area contributed by atoms with Gasteiger partial charge in [-0.3, -0.25) is 34.5 Å². The number of hydrogen-bond donors (Lipinski definition) is 3. The van der Waals surface area contributed by atoms with Crippen LogP contribution in [0.3, 0.4) is 0 Å². The molecule has 3 aromatic heterocycles. The third-order valence-corrected chi connectivity index (χ3v) is 13.5. The number of aryl methyl sites for hydroxylation is 1. The summed E-state index contributed by atoms with van der Waals surface area (Å²) in [5.74, 6) is -1.02. The number of piperazine rings is 1. The lowest BCUT2D eigenvalue weighted by Crippen LogP contribution is -2.52. The fourth-order valence-electron chi connectivity index (χ4n) is 9.28. The van der Waals surface area contributed by atoms with Gasteiger partial charge in [-0.15, -0.1) is 11.3 Å². The molecule has 4 aliphatic rings. The highest BCUT2D eigenvalue weighted by atomic mass is 32.1. The molecule has 0 spiro atoms. The molecule has 2 unspecified atom stereocenters. The van der Waals surface area contributed by atoms with Crippen LogP contribution in [-0.2, 0) is 32.1 Å². The normalized spacial score (nSPS) is 19.1. The third-order valence-electron chi connectivity index (χ3n) is 12.9. The summed E-state index contributed by atoms with van der Waals surface area (Å²) in [6.07, 6.45) is 7.56. The Labute approximate surface area is 371 Å². The van der Waals surface area contributed by atoms with Crippen molar-refractivity contribution in [1.29, 1.82) is 0 Å². The first-order valence-corrected chi connectivity index (χ1v) is 22.6. The van der Waals surface area contributed by atoms with Gasteiger partial charge in [-0.1, -0.05) is 12.1 Å². The Balaban J connectivity index is 0.738. The number of benzene rings is 3. The molecular weight excluding hydrogens is 840 g/mol. The number of thiazole rings is 1. The van der Waals surface area contributed by atoms with Gasteiger partial charge in [0.2, 0.25) is 11.8 Å². The van der Waals surface area contributed by atoms with E-state index in [1.54, 1.807) is 36.2 Å². The number of halogens is 1. The largest absolute Gasteiger partial charge is 0.481 e. The Bertz CT molecular complexity index is 2700. The molecule has 3 N–H and O–H groups in total. The van der Waals surface area contributed by atoms with Crippen LogP contribution in [0.15, 0.2) is 84.8 Å². The highest BCUT2D eigenvalue weighted by molar-refractivity contribution is 7.13. The van der Waals surface area contributed by atoms with E-state index in [9.17, 15) is 24.3 Å². The van der Waals surface area contributed by atoms with Gasteiger partial charge in [-0.25, -0.2) is 14.4 Å². The van der Waals surface area contributed by atoms with Gasteiger partial charge in [0.05, 0.1) is 34.9 Å².